The van der Waals surface area contributed by atoms with Gasteiger partial charge in [0.05, 0.1) is 17.6 Å². The van der Waals surface area contributed by atoms with E-state index in [0.29, 0.717) is 11.3 Å². The second-order valence-electron chi connectivity index (χ2n) is 2.11. The third-order valence-corrected chi connectivity index (χ3v) is 1.67. The summed E-state index contributed by atoms with van der Waals surface area (Å²) in [7, 11) is 0. The van der Waals surface area contributed by atoms with E-state index in [0.717, 1.165) is 0 Å². The minimum atomic E-state index is -0.473. The van der Waals surface area contributed by atoms with E-state index in [4.69, 9.17) is 9.92 Å². The van der Waals surface area contributed by atoms with E-state index in [1.165, 1.54) is 12.0 Å². The molecular formula is C8H9NO2S. The van der Waals surface area contributed by atoms with E-state index in [-0.39, 0.29) is 0 Å². The largest absolute Gasteiger partial charge is 0.425 e. The van der Waals surface area contributed by atoms with Gasteiger partial charge < -0.3 is 9.92 Å². The fraction of sp³-hybridized carbons (Fsp3) is 0.125. The predicted molar refractivity (Wildman–Crippen MR) is 49.1 cm³/mol. The Morgan fingerprint density at radius 1 is 1.50 bits per heavy atom. The van der Waals surface area contributed by atoms with Crippen LogP contribution in [0.2, 0.25) is 0 Å². The smallest absolute Gasteiger partial charge is 0.252 e. The Balaban J connectivity index is 3.00. The summed E-state index contributed by atoms with van der Waals surface area (Å²) in [4.78, 5) is 10.8. The van der Waals surface area contributed by atoms with Crippen LogP contribution in [0.25, 0.3) is 0 Å². The van der Waals surface area contributed by atoms with E-state index in [2.05, 4.69) is 0 Å². The molecule has 0 saturated heterocycles. The Morgan fingerprint density at radius 2 is 2.17 bits per heavy atom. The van der Waals surface area contributed by atoms with Crippen molar-refractivity contribution in [3.05, 3.63) is 29.8 Å². The van der Waals surface area contributed by atoms with Crippen LogP contribution in [0.3, 0.4) is 0 Å². The maximum absolute atomic E-state index is 10.8. The van der Waals surface area contributed by atoms with Crippen molar-refractivity contribution in [2.75, 3.05) is 6.26 Å². The number of hydrogen-bond acceptors (Lipinski definition) is 3. The molecule has 12 heavy (non-hydrogen) atoms. The lowest BCUT2D eigenvalue weighted by molar-refractivity contribution is 0.0999. The highest BCUT2D eigenvalue weighted by Crippen LogP contribution is 2.20. The maximum atomic E-state index is 10.8. The molecule has 64 valence electrons. The third kappa shape index (κ3) is 1.92. The van der Waals surface area contributed by atoms with Crippen molar-refractivity contribution in [2.24, 2.45) is 5.73 Å². The number of nitrogens with two attached hydrogens (primary N) is 1. The Morgan fingerprint density at radius 3 is 2.75 bits per heavy atom. The van der Waals surface area contributed by atoms with Crippen LogP contribution in [-0.2, 0) is 0 Å². The summed E-state index contributed by atoms with van der Waals surface area (Å²) in [6.45, 7) is 0. The molecule has 0 radical (unpaired) electrons. The Hall–Kier alpha value is -1.16. The van der Waals surface area contributed by atoms with E-state index in [1.807, 2.05) is 0 Å². The highest BCUT2D eigenvalue weighted by Gasteiger charge is 2.07. The lowest BCUT2D eigenvalue weighted by Crippen LogP contribution is -2.11. The molecule has 0 aliphatic heterocycles. The molecule has 0 spiro atoms. The third-order valence-electron chi connectivity index (χ3n) is 1.33. The molecule has 3 nitrogen and oxygen atoms in total. The minimum absolute atomic E-state index is 0.409. The Bertz CT molecular complexity index is 288. The number of amides is 1. The quantitative estimate of drug-likeness (QED) is 0.721. The number of hydrogen-bond donors (Lipinski definition) is 1. The van der Waals surface area contributed by atoms with E-state index in [1.54, 1.807) is 30.5 Å². The van der Waals surface area contributed by atoms with Crippen LogP contribution < -0.4 is 9.92 Å². The van der Waals surface area contributed by atoms with Crippen molar-refractivity contribution in [3.63, 3.8) is 0 Å². The molecule has 0 unspecified atom stereocenters. The van der Waals surface area contributed by atoms with Crippen LogP contribution in [0, 0.1) is 0 Å². The molecule has 0 aromatic heterocycles. The predicted octanol–water partition coefficient (Wildman–Crippen LogP) is 1.44. The van der Waals surface area contributed by atoms with E-state index >= 15 is 0 Å². The molecule has 0 aliphatic carbocycles. The number of primary amides is 1. The van der Waals surface area contributed by atoms with Crippen LogP contribution in [-0.4, -0.2) is 12.2 Å². The number of carbonyl (C=O) groups is 1. The molecule has 0 saturated carbocycles. The highest BCUT2D eigenvalue weighted by molar-refractivity contribution is 7.94. The summed E-state index contributed by atoms with van der Waals surface area (Å²) in [5.74, 6) is 0.0390. The zero-order valence-corrected chi connectivity index (χ0v) is 7.43. The summed E-state index contributed by atoms with van der Waals surface area (Å²) in [6.07, 6.45) is 1.78. The summed E-state index contributed by atoms with van der Waals surface area (Å²) in [6, 6.07) is 6.87. The van der Waals surface area contributed by atoms with Crippen molar-refractivity contribution in [1.82, 2.24) is 0 Å². The second kappa shape index (κ2) is 4.01. The van der Waals surface area contributed by atoms with Gasteiger partial charge in [-0.25, -0.2) is 0 Å². The zero-order chi connectivity index (χ0) is 8.97. The molecule has 1 rings (SSSR count). The lowest BCUT2D eigenvalue weighted by Gasteiger charge is -2.04. The average Bonchev–Trinajstić information content (AvgIpc) is 2.05. The van der Waals surface area contributed by atoms with Gasteiger partial charge in [-0.05, 0) is 12.1 Å². The van der Waals surface area contributed by atoms with Gasteiger partial charge in [0.2, 0.25) is 0 Å². The van der Waals surface area contributed by atoms with Gasteiger partial charge >= 0.3 is 0 Å². The van der Waals surface area contributed by atoms with Crippen molar-refractivity contribution in [2.45, 2.75) is 0 Å². The SMILES string of the molecule is CSOc1ccccc1C(N)=O. The number of carbonyl (C=O) groups excluding carboxylic acids is 1. The summed E-state index contributed by atoms with van der Waals surface area (Å²) >= 11 is 1.18. The van der Waals surface area contributed by atoms with E-state index in [9.17, 15) is 4.79 Å². The monoisotopic (exact) mass is 183 g/mol. The van der Waals surface area contributed by atoms with E-state index < -0.39 is 5.91 Å². The van der Waals surface area contributed by atoms with Gasteiger partial charge in [0.25, 0.3) is 5.91 Å². The van der Waals surface area contributed by atoms with Crippen LogP contribution >= 0.6 is 12.0 Å². The highest BCUT2D eigenvalue weighted by atomic mass is 32.2. The van der Waals surface area contributed by atoms with Gasteiger partial charge in [-0.2, -0.15) is 0 Å². The van der Waals surface area contributed by atoms with Gasteiger partial charge in [-0.1, -0.05) is 12.1 Å². The van der Waals surface area contributed by atoms with Crippen LogP contribution in [0.15, 0.2) is 24.3 Å². The minimum Gasteiger partial charge on any atom is -0.425 e. The first-order valence-electron chi connectivity index (χ1n) is 3.35. The Kier molecular flexibility index (Phi) is 2.99. The van der Waals surface area contributed by atoms with Crippen LogP contribution in [0.5, 0.6) is 5.75 Å². The molecule has 4 heteroatoms. The molecule has 2 N–H and O–H groups in total. The van der Waals surface area contributed by atoms with Crippen molar-refractivity contribution in [1.29, 1.82) is 0 Å². The molecule has 1 amide bonds. The molecule has 1 aromatic rings. The summed E-state index contributed by atoms with van der Waals surface area (Å²) in [5.41, 5.74) is 5.53. The second-order valence-corrected chi connectivity index (χ2v) is 2.61. The molecular weight excluding hydrogens is 174 g/mol. The van der Waals surface area contributed by atoms with Gasteiger partial charge in [-0.15, -0.1) is 0 Å². The fourth-order valence-corrected chi connectivity index (χ4v) is 1.16. The number of rotatable bonds is 3. The van der Waals surface area contributed by atoms with Crippen LogP contribution in [0.4, 0.5) is 0 Å². The number of para-hydroxylation sites is 1. The van der Waals surface area contributed by atoms with Crippen molar-refractivity contribution >= 4 is 17.9 Å². The standard InChI is InChI=1S/C8H9NO2S/c1-12-11-7-5-3-2-4-6(7)8(9)10/h2-5H,1H3,(H2,9,10). The maximum Gasteiger partial charge on any atom is 0.252 e. The van der Waals surface area contributed by atoms with Gasteiger partial charge in [0.1, 0.15) is 5.75 Å². The molecule has 0 fully saturated rings. The molecule has 0 heterocycles. The molecule has 0 atom stereocenters. The van der Waals surface area contributed by atoms with Crippen molar-refractivity contribution < 1.29 is 8.98 Å². The molecule has 0 bridgehead atoms. The first-order valence-corrected chi connectivity index (χ1v) is 4.50. The lowest BCUT2D eigenvalue weighted by atomic mass is 10.2. The fourth-order valence-electron chi connectivity index (χ4n) is 0.833. The zero-order valence-electron chi connectivity index (χ0n) is 6.61. The van der Waals surface area contributed by atoms with Gasteiger partial charge in [0.15, 0.2) is 0 Å². The topological polar surface area (TPSA) is 52.3 Å². The van der Waals surface area contributed by atoms with Gasteiger partial charge in [0, 0.05) is 6.26 Å². The average molecular weight is 183 g/mol. The summed E-state index contributed by atoms with van der Waals surface area (Å²) in [5, 5.41) is 0. The first-order chi connectivity index (χ1) is 5.75. The number of benzene rings is 1. The molecule has 0 aliphatic rings. The summed E-state index contributed by atoms with van der Waals surface area (Å²) < 4.78 is 5.11. The van der Waals surface area contributed by atoms with Crippen LogP contribution in [0.1, 0.15) is 10.4 Å². The van der Waals surface area contributed by atoms with Crippen molar-refractivity contribution in [3.8, 4) is 5.75 Å². The molecule has 1 aromatic carbocycles. The Labute approximate surface area is 75.1 Å². The normalized spacial score (nSPS) is 9.42. The van der Waals surface area contributed by atoms with Gasteiger partial charge in [-0.3, -0.25) is 4.79 Å². The first kappa shape index (κ1) is 8.93.